The summed E-state index contributed by atoms with van der Waals surface area (Å²) in [5.41, 5.74) is 3.43. The minimum atomic E-state index is 0.126. The third kappa shape index (κ3) is 3.47. The fourth-order valence-electron chi connectivity index (χ4n) is 1.20. The summed E-state index contributed by atoms with van der Waals surface area (Å²) in [5, 5.41) is 8.99. The average Bonchev–Trinajstić information content (AvgIpc) is 2.28. The summed E-state index contributed by atoms with van der Waals surface area (Å²) >= 11 is 0. The molecule has 1 unspecified atom stereocenters. The number of rotatable bonds is 5. The Hall–Kier alpha value is -1.17. The zero-order valence-electron chi connectivity index (χ0n) is 9.14. The molecule has 0 saturated heterocycles. The van der Waals surface area contributed by atoms with Crippen LogP contribution < -0.4 is 11.3 Å². The first kappa shape index (κ1) is 11.9. The smallest absolute Gasteiger partial charge is 0.140 e. The zero-order valence-corrected chi connectivity index (χ0v) is 9.14. The highest BCUT2D eigenvalue weighted by molar-refractivity contribution is 5.33. The molecule has 0 bridgehead atoms. The Balaban J connectivity index is 2.63. The molecule has 4 N–H and O–H groups in total. The topological polar surface area (TPSA) is 74.4 Å². The van der Waals surface area contributed by atoms with Gasteiger partial charge in [0.2, 0.25) is 0 Å². The van der Waals surface area contributed by atoms with Crippen molar-refractivity contribution in [2.24, 2.45) is 5.84 Å². The van der Waals surface area contributed by atoms with Crippen LogP contribution in [-0.2, 0) is 6.54 Å². The van der Waals surface area contributed by atoms with Crippen molar-refractivity contribution in [3.8, 4) is 0 Å². The van der Waals surface area contributed by atoms with Crippen LogP contribution in [0.2, 0.25) is 0 Å². The fraction of sp³-hybridized carbons (Fsp3) is 0.500. The van der Waals surface area contributed by atoms with Crippen LogP contribution in [0.15, 0.2) is 18.2 Å². The largest absolute Gasteiger partial charge is 0.395 e. The molecule has 1 aromatic rings. The number of aromatic nitrogens is 1. The number of hydrazine groups is 1. The minimum Gasteiger partial charge on any atom is -0.395 e. The molecule has 0 radical (unpaired) electrons. The van der Waals surface area contributed by atoms with E-state index in [0.717, 1.165) is 5.69 Å². The Morgan fingerprint density at radius 1 is 1.60 bits per heavy atom. The molecular weight excluding hydrogens is 192 g/mol. The van der Waals surface area contributed by atoms with E-state index in [0.29, 0.717) is 12.4 Å². The Kier molecular flexibility index (Phi) is 4.48. The molecule has 15 heavy (non-hydrogen) atoms. The molecule has 0 spiro atoms. The normalized spacial score (nSPS) is 12.9. The number of nitrogens with one attached hydrogen (secondary N) is 1. The molecule has 1 atom stereocenters. The van der Waals surface area contributed by atoms with Crippen molar-refractivity contribution in [1.82, 2.24) is 9.88 Å². The van der Waals surface area contributed by atoms with Gasteiger partial charge in [0.25, 0.3) is 0 Å². The monoisotopic (exact) mass is 210 g/mol. The second-order valence-corrected chi connectivity index (χ2v) is 3.61. The van der Waals surface area contributed by atoms with Crippen LogP contribution >= 0.6 is 0 Å². The Morgan fingerprint density at radius 2 is 2.33 bits per heavy atom. The number of nitrogens with zero attached hydrogens (tertiary/aromatic N) is 2. The van der Waals surface area contributed by atoms with Crippen LogP contribution in [0, 0.1) is 0 Å². The molecule has 0 amide bonds. The van der Waals surface area contributed by atoms with Gasteiger partial charge in [-0.05, 0) is 26.1 Å². The Labute approximate surface area is 89.9 Å². The van der Waals surface area contributed by atoms with Crippen molar-refractivity contribution < 1.29 is 5.11 Å². The molecule has 5 heteroatoms. The van der Waals surface area contributed by atoms with E-state index in [9.17, 15) is 0 Å². The van der Waals surface area contributed by atoms with Gasteiger partial charge < -0.3 is 10.5 Å². The predicted molar refractivity (Wildman–Crippen MR) is 60.1 cm³/mol. The number of aliphatic hydroxyl groups is 1. The van der Waals surface area contributed by atoms with Gasteiger partial charge in [-0.3, -0.25) is 4.90 Å². The maximum Gasteiger partial charge on any atom is 0.140 e. The van der Waals surface area contributed by atoms with E-state index in [4.69, 9.17) is 10.9 Å². The van der Waals surface area contributed by atoms with Gasteiger partial charge in [0.15, 0.2) is 0 Å². The number of hydrogen-bond acceptors (Lipinski definition) is 5. The van der Waals surface area contributed by atoms with E-state index in [-0.39, 0.29) is 12.6 Å². The molecule has 0 fully saturated rings. The summed E-state index contributed by atoms with van der Waals surface area (Å²) in [6, 6.07) is 5.76. The van der Waals surface area contributed by atoms with Gasteiger partial charge in [-0.2, -0.15) is 0 Å². The Bertz CT molecular complexity index is 305. The number of hydrogen-bond donors (Lipinski definition) is 3. The van der Waals surface area contributed by atoms with Gasteiger partial charge in [0, 0.05) is 12.6 Å². The summed E-state index contributed by atoms with van der Waals surface area (Å²) in [4.78, 5) is 6.32. The summed E-state index contributed by atoms with van der Waals surface area (Å²) in [6.07, 6.45) is 0. The molecule has 84 valence electrons. The standard InChI is InChI=1S/C10H18N4O/c1-8(7-15)14(2)6-9-4-3-5-10(12-9)13-11/h3-5,8,15H,6-7,11H2,1-2H3,(H,12,13). The van der Waals surface area contributed by atoms with Crippen molar-refractivity contribution in [2.75, 3.05) is 19.1 Å². The molecular formula is C10H18N4O. The molecule has 0 aliphatic rings. The quantitative estimate of drug-likeness (QED) is 0.477. The van der Waals surface area contributed by atoms with Gasteiger partial charge in [0.1, 0.15) is 5.82 Å². The summed E-state index contributed by atoms with van der Waals surface area (Å²) in [7, 11) is 1.95. The van der Waals surface area contributed by atoms with E-state index in [1.165, 1.54) is 0 Å². The van der Waals surface area contributed by atoms with E-state index >= 15 is 0 Å². The van der Waals surface area contributed by atoms with Gasteiger partial charge in [-0.15, -0.1) is 0 Å². The third-order valence-electron chi connectivity index (χ3n) is 2.38. The van der Waals surface area contributed by atoms with Crippen LogP contribution in [0.3, 0.4) is 0 Å². The van der Waals surface area contributed by atoms with Crippen LogP contribution in [-0.4, -0.2) is 34.7 Å². The predicted octanol–water partition coefficient (Wildman–Crippen LogP) is 0.180. The lowest BCUT2D eigenvalue weighted by Gasteiger charge is -2.22. The summed E-state index contributed by atoms with van der Waals surface area (Å²) < 4.78 is 0. The summed E-state index contributed by atoms with van der Waals surface area (Å²) in [5.74, 6) is 5.92. The molecule has 0 saturated carbocycles. The van der Waals surface area contributed by atoms with Gasteiger partial charge in [-0.1, -0.05) is 6.07 Å². The zero-order chi connectivity index (χ0) is 11.3. The maximum atomic E-state index is 8.99. The van der Waals surface area contributed by atoms with Crippen molar-refractivity contribution >= 4 is 5.82 Å². The van der Waals surface area contributed by atoms with Gasteiger partial charge >= 0.3 is 0 Å². The molecule has 1 heterocycles. The molecule has 5 nitrogen and oxygen atoms in total. The number of nitrogen functional groups attached to an aromatic ring is 1. The molecule has 1 rings (SSSR count). The Morgan fingerprint density at radius 3 is 2.93 bits per heavy atom. The van der Waals surface area contributed by atoms with Crippen molar-refractivity contribution in [2.45, 2.75) is 19.5 Å². The number of likely N-dealkylation sites (N-methyl/N-ethyl adjacent to an activating group) is 1. The first-order chi connectivity index (χ1) is 7.17. The number of pyridine rings is 1. The minimum absolute atomic E-state index is 0.126. The van der Waals surface area contributed by atoms with Gasteiger partial charge in [0.05, 0.1) is 12.3 Å². The molecule has 1 aromatic heterocycles. The highest BCUT2D eigenvalue weighted by atomic mass is 16.3. The third-order valence-corrected chi connectivity index (χ3v) is 2.38. The van der Waals surface area contributed by atoms with Crippen molar-refractivity contribution in [3.05, 3.63) is 23.9 Å². The average molecular weight is 210 g/mol. The fourth-order valence-corrected chi connectivity index (χ4v) is 1.20. The second-order valence-electron chi connectivity index (χ2n) is 3.61. The number of nitrogens with two attached hydrogens (primary N) is 1. The molecule has 0 aromatic carbocycles. The van der Waals surface area contributed by atoms with Crippen LogP contribution in [0.1, 0.15) is 12.6 Å². The number of aliphatic hydroxyl groups excluding tert-OH is 1. The van der Waals surface area contributed by atoms with E-state index in [1.807, 2.05) is 31.0 Å². The molecule has 0 aliphatic heterocycles. The van der Waals surface area contributed by atoms with Crippen LogP contribution in [0.25, 0.3) is 0 Å². The van der Waals surface area contributed by atoms with E-state index in [2.05, 4.69) is 10.4 Å². The number of anilines is 1. The van der Waals surface area contributed by atoms with Gasteiger partial charge in [-0.25, -0.2) is 10.8 Å². The first-order valence-electron chi connectivity index (χ1n) is 4.91. The lowest BCUT2D eigenvalue weighted by molar-refractivity contribution is 0.153. The van der Waals surface area contributed by atoms with Crippen molar-refractivity contribution in [1.29, 1.82) is 0 Å². The highest BCUT2D eigenvalue weighted by Gasteiger charge is 2.08. The van der Waals surface area contributed by atoms with E-state index in [1.54, 1.807) is 6.07 Å². The van der Waals surface area contributed by atoms with Crippen molar-refractivity contribution in [3.63, 3.8) is 0 Å². The molecule has 0 aliphatic carbocycles. The van der Waals surface area contributed by atoms with Crippen LogP contribution in [0.5, 0.6) is 0 Å². The second kappa shape index (κ2) is 5.65. The SMILES string of the molecule is CC(CO)N(C)Cc1cccc(NN)n1. The summed E-state index contributed by atoms with van der Waals surface area (Å²) in [6.45, 7) is 2.80. The highest BCUT2D eigenvalue weighted by Crippen LogP contribution is 2.07. The lowest BCUT2D eigenvalue weighted by Crippen LogP contribution is -2.31. The van der Waals surface area contributed by atoms with E-state index < -0.39 is 0 Å². The van der Waals surface area contributed by atoms with Crippen LogP contribution in [0.4, 0.5) is 5.82 Å². The first-order valence-corrected chi connectivity index (χ1v) is 4.91. The lowest BCUT2D eigenvalue weighted by atomic mass is 10.2. The maximum absolute atomic E-state index is 8.99.